The zero-order chi connectivity index (χ0) is 13.8. The Kier molecular flexibility index (Phi) is 3.94. The molecule has 0 fully saturated rings. The predicted molar refractivity (Wildman–Crippen MR) is 74.7 cm³/mol. The molecule has 0 atom stereocenters. The first-order chi connectivity index (χ1) is 9.10. The van der Waals surface area contributed by atoms with Gasteiger partial charge in [-0.05, 0) is 32.9 Å². The van der Waals surface area contributed by atoms with Crippen molar-refractivity contribution in [2.45, 2.75) is 26.8 Å². The number of anilines is 1. The van der Waals surface area contributed by atoms with Gasteiger partial charge in [0.1, 0.15) is 11.5 Å². The van der Waals surface area contributed by atoms with Crippen LogP contribution in [0.25, 0.3) is 0 Å². The van der Waals surface area contributed by atoms with Crippen LogP contribution in [0.3, 0.4) is 0 Å². The maximum Gasteiger partial charge on any atom is 0.165 e. The van der Waals surface area contributed by atoms with Crippen molar-refractivity contribution >= 4 is 5.69 Å². The third kappa shape index (κ3) is 3.19. The van der Waals surface area contributed by atoms with Crippen molar-refractivity contribution in [1.29, 1.82) is 0 Å². The molecule has 1 heterocycles. The number of ether oxygens (including phenoxy) is 2. The lowest BCUT2D eigenvalue weighted by atomic mass is 10.3. The SMILES string of the molecule is CCOc1cc(Oc2cnn(C(C)C)c2)ccc1N. The van der Waals surface area contributed by atoms with Crippen LogP contribution in [0.1, 0.15) is 26.8 Å². The number of aromatic nitrogens is 2. The number of nitrogens with two attached hydrogens (primary N) is 1. The molecular weight excluding hydrogens is 242 g/mol. The summed E-state index contributed by atoms with van der Waals surface area (Å²) in [6.07, 6.45) is 3.55. The first-order valence-electron chi connectivity index (χ1n) is 6.34. The molecule has 0 aliphatic carbocycles. The average Bonchev–Trinajstić information content (AvgIpc) is 2.82. The molecule has 102 valence electrons. The van der Waals surface area contributed by atoms with E-state index in [4.69, 9.17) is 15.2 Å². The zero-order valence-corrected chi connectivity index (χ0v) is 11.5. The minimum Gasteiger partial charge on any atom is -0.492 e. The van der Waals surface area contributed by atoms with Gasteiger partial charge in [0.25, 0.3) is 0 Å². The van der Waals surface area contributed by atoms with Gasteiger partial charge in [0.15, 0.2) is 5.75 Å². The van der Waals surface area contributed by atoms with Crippen LogP contribution in [0.5, 0.6) is 17.2 Å². The molecule has 0 aliphatic rings. The summed E-state index contributed by atoms with van der Waals surface area (Å²) in [4.78, 5) is 0. The fourth-order valence-electron chi connectivity index (χ4n) is 1.65. The Morgan fingerprint density at radius 1 is 1.32 bits per heavy atom. The van der Waals surface area contributed by atoms with E-state index in [1.165, 1.54) is 0 Å². The predicted octanol–water partition coefficient (Wildman–Crippen LogP) is 3.24. The van der Waals surface area contributed by atoms with Gasteiger partial charge in [-0.1, -0.05) is 0 Å². The highest BCUT2D eigenvalue weighted by Crippen LogP contribution is 2.30. The number of benzene rings is 1. The molecule has 2 aromatic rings. The molecule has 5 heteroatoms. The fourth-order valence-corrected chi connectivity index (χ4v) is 1.65. The third-order valence-electron chi connectivity index (χ3n) is 2.63. The van der Waals surface area contributed by atoms with E-state index in [0.717, 1.165) is 0 Å². The fraction of sp³-hybridized carbons (Fsp3) is 0.357. The van der Waals surface area contributed by atoms with Crippen molar-refractivity contribution < 1.29 is 9.47 Å². The number of nitrogens with zero attached hydrogens (tertiary/aromatic N) is 2. The highest BCUT2D eigenvalue weighted by atomic mass is 16.5. The van der Waals surface area contributed by atoms with E-state index in [1.54, 1.807) is 18.3 Å². The Hall–Kier alpha value is -2.17. The van der Waals surface area contributed by atoms with Crippen LogP contribution in [0, 0.1) is 0 Å². The summed E-state index contributed by atoms with van der Waals surface area (Å²) in [6.45, 7) is 6.61. The Morgan fingerprint density at radius 2 is 2.11 bits per heavy atom. The lowest BCUT2D eigenvalue weighted by Crippen LogP contribution is -1.99. The Bertz CT molecular complexity index is 549. The van der Waals surface area contributed by atoms with Crippen LogP contribution in [-0.4, -0.2) is 16.4 Å². The summed E-state index contributed by atoms with van der Waals surface area (Å²) in [5.74, 6) is 2.01. The maximum absolute atomic E-state index is 5.82. The molecule has 0 unspecified atom stereocenters. The van der Waals surface area contributed by atoms with E-state index in [2.05, 4.69) is 18.9 Å². The van der Waals surface area contributed by atoms with Gasteiger partial charge < -0.3 is 15.2 Å². The van der Waals surface area contributed by atoms with Crippen molar-refractivity contribution in [2.24, 2.45) is 0 Å². The average molecular weight is 261 g/mol. The molecule has 1 aromatic heterocycles. The smallest absolute Gasteiger partial charge is 0.165 e. The second-order valence-electron chi connectivity index (χ2n) is 4.48. The second-order valence-corrected chi connectivity index (χ2v) is 4.48. The van der Waals surface area contributed by atoms with E-state index in [9.17, 15) is 0 Å². The molecule has 0 spiro atoms. The van der Waals surface area contributed by atoms with Crippen molar-refractivity contribution in [1.82, 2.24) is 9.78 Å². The molecule has 19 heavy (non-hydrogen) atoms. The molecule has 0 amide bonds. The third-order valence-corrected chi connectivity index (χ3v) is 2.63. The summed E-state index contributed by atoms with van der Waals surface area (Å²) >= 11 is 0. The van der Waals surface area contributed by atoms with Gasteiger partial charge in [0.2, 0.25) is 0 Å². The Labute approximate surface area is 112 Å². The van der Waals surface area contributed by atoms with E-state index in [1.807, 2.05) is 23.9 Å². The van der Waals surface area contributed by atoms with Gasteiger partial charge in [0, 0.05) is 12.1 Å². The highest BCUT2D eigenvalue weighted by molar-refractivity contribution is 5.56. The summed E-state index contributed by atoms with van der Waals surface area (Å²) in [5.41, 5.74) is 6.42. The van der Waals surface area contributed by atoms with Crippen molar-refractivity contribution in [3.63, 3.8) is 0 Å². The Balaban J connectivity index is 2.15. The van der Waals surface area contributed by atoms with E-state index >= 15 is 0 Å². The summed E-state index contributed by atoms with van der Waals surface area (Å²) in [7, 11) is 0. The molecule has 0 aliphatic heterocycles. The lowest BCUT2D eigenvalue weighted by molar-refractivity contribution is 0.340. The minimum atomic E-state index is 0.308. The molecule has 1 aromatic carbocycles. The number of hydrogen-bond acceptors (Lipinski definition) is 4. The van der Waals surface area contributed by atoms with Crippen LogP contribution < -0.4 is 15.2 Å². The lowest BCUT2D eigenvalue weighted by Gasteiger charge is -2.09. The summed E-state index contributed by atoms with van der Waals surface area (Å²) in [5, 5.41) is 4.22. The molecular formula is C14H19N3O2. The first kappa shape index (κ1) is 13.3. The van der Waals surface area contributed by atoms with Gasteiger partial charge >= 0.3 is 0 Å². The minimum absolute atomic E-state index is 0.308. The Morgan fingerprint density at radius 3 is 2.74 bits per heavy atom. The summed E-state index contributed by atoms with van der Waals surface area (Å²) in [6, 6.07) is 5.67. The molecule has 2 N–H and O–H groups in total. The molecule has 0 saturated carbocycles. The van der Waals surface area contributed by atoms with Gasteiger partial charge in [-0.15, -0.1) is 0 Å². The number of rotatable bonds is 5. The quantitative estimate of drug-likeness (QED) is 0.839. The zero-order valence-electron chi connectivity index (χ0n) is 11.5. The van der Waals surface area contributed by atoms with Crippen molar-refractivity contribution in [3.8, 4) is 17.2 Å². The molecule has 2 rings (SSSR count). The first-order valence-corrected chi connectivity index (χ1v) is 6.34. The molecule has 0 bridgehead atoms. The van der Waals surface area contributed by atoms with Crippen molar-refractivity contribution in [2.75, 3.05) is 12.3 Å². The van der Waals surface area contributed by atoms with E-state index < -0.39 is 0 Å². The van der Waals surface area contributed by atoms with E-state index in [0.29, 0.717) is 35.6 Å². The van der Waals surface area contributed by atoms with Gasteiger partial charge in [-0.3, -0.25) is 4.68 Å². The topological polar surface area (TPSA) is 62.3 Å². The molecule has 5 nitrogen and oxygen atoms in total. The van der Waals surface area contributed by atoms with Crippen LogP contribution in [0.15, 0.2) is 30.6 Å². The second kappa shape index (κ2) is 5.65. The number of hydrogen-bond donors (Lipinski definition) is 1. The van der Waals surface area contributed by atoms with Crippen molar-refractivity contribution in [3.05, 3.63) is 30.6 Å². The van der Waals surface area contributed by atoms with Crippen LogP contribution in [0.4, 0.5) is 5.69 Å². The standard InChI is InChI=1S/C14H19N3O2/c1-4-18-14-7-11(5-6-13(14)15)19-12-8-16-17(9-12)10(2)3/h5-10H,4,15H2,1-3H3. The highest BCUT2D eigenvalue weighted by Gasteiger charge is 2.06. The van der Waals surface area contributed by atoms with Crippen LogP contribution in [0.2, 0.25) is 0 Å². The van der Waals surface area contributed by atoms with Gasteiger partial charge in [-0.25, -0.2) is 0 Å². The summed E-state index contributed by atoms with van der Waals surface area (Å²) < 4.78 is 13.0. The van der Waals surface area contributed by atoms with Gasteiger partial charge in [-0.2, -0.15) is 5.10 Å². The molecule has 0 saturated heterocycles. The van der Waals surface area contributed by atoms with Crippen LogP contribution in [-0.2, 0) is 0 Å². The van der Waals surface area contributed by atoms with Gasteiger partial charge in [0.05, 0.1) is 24.7 Å². The van der Waals surface area contributed by atoms with E-state index in [-0.39, 0.29) is 0 Å². The number of nitrogen functional groups attached to an aromatic ring is 1. The maximum atomic E-state index is 5.82. The monoisotopic (exact) mass is 261 g/mol. The largest absolute Gasteiger partial charge is 0.492 e. The molecule has 0 radical (unpaired) electrons. The van der Waals surface area contributed by atoms with Crippen LogP contribution >= 0.6 is 0 Å². The normalized spacial score (nSPS) is 10.7.